The maximum atomic E-state index is 11.0. The molecule has 0 saturated heterocycles. The normalized spacial score (nSPS) is 12.1. The molecule has 4 N–H and O–H groups in total. The van der Waals surface area contributed by atoms with Crippen molar-refractivity contribution in [3.05, 3.63) is 29.8 Å². The van der Waals surface area contributed by atoms with E-state index in [1.807, 2.05) is 30.5 Å². The minimum Gasteiger partial charge on any atom is -0.480 e. The molecule has 0 aliphatic rings. The third kappa shape index (κ3) is 5.76. The van der Waals surface area contributed by atoms with Gasteiger partial charge in [-0.05, 0) is 30.4 Å². The number of hydrogen-bond donors (Lipinski definition) is 3. The van der Waals surface area contributed by atoms with E-state index >= 15 is 0 Å². The van der Waals surface area contributed by atoms with Crippen molar-refractivity contribution in [3.8, 4) is 0 Å². The summed E-state index contributed by atoms with van der Waals surface area (Å²) in [4.78, 5) is 22.8. The van der Waals surface area contributed by atoms with Gasteiger partial charge in [-0.25, -0.2) is 0 Å². The van der Waals surface area contributed by atoms with Crippen molar-refractivity contribution in [3.63, 3.8) is 0 Å². The van der Waals surface area contributed by atoms with Crippen molar-refractivity contribution in [1.29, 1.82) is 0 Å². The molecule has 0 aliphatic heterocycles. The van der Waals surface area contributed by atoms with E-state index in [0.29, 0.717) is 6.54 Å². The molecule has 1 aromatic carbocycles. The zero-order valence-corrected chi connectivity index (χ0v) is 11.6. The number of rotatable bonds is 8. The molecule has 0 spiro atoms. The van der Waals surface area contributed by atoms with Crippen LogP contribution < -0.4 is 11.1 Å². The highest BCUT2D eigenvalue weighted by molar-refractivity contribution is 7.98. The predicted molar refractivity (Wildman–Crippen MR) is 74.9 cm³/mol. The van der Waals surface area contributed by atoms with Crippen molar-refractivity contribution >= 4 is 23.6 Å². The van der Waals surface area contributed by atoms with Crippen LogP contribution in [0, 0.1) is 0 Å². The molecular weight excluding hydrogens is 264 g/mol. The van der Waals surface area contributed by atoms with Crippen LogP contribution in [0.25, 0.3) is 0 Å². The Morgan fingerprint density at radius 1 is 1.37 bits per heavy atom. The fraction of sp³-hybridized carbons (Fsp3) is 0.385. The van der Waals surface area contributed by atoms with Crippen LogP contribution >= 0.6 is 11.8 Å². The molecule has 5 nitrogen and oxygen atoms in total. The quantitative estimate of drug-likeness (QED) is 0.623. The smallest absolute Gasteiger partial charge is 0.320 e. The lowest BCUT2D eigenvalue weighted by molar-refractivity contribution is -0.139. The number of nitrogens with one attached hydrogen (secondary N) is 1. The van der Waals surface area contributed by atoms with Gasteiger partial charge in [-0.3, -0.25) is 9.59 Å². The number of benzene rings is 1. The highest BCUT2D eigenvalue weighted by atomic mass is 32.2. The second kappa shape index (κ2) is 7.81. The SMILES string of the molecule is CSc1ccc(CN[C@@H](CCC(N)=O)C(=O)O)cc1. The van der Waals surface area contributed by atoms with Crippen LogP contribution in [0.4, 0.5) is 0 Å². The van der Waals surface area contributed by atoms with E-state index in [4.69, 9.17) is 10.8 Å². The molecule has 19 heavy (non-hydrogen) atoms. The van der Waals surface area contributed by atoms with Gasteiger partial charge in [0.15, 0.2) is 0 Å². The monoisotopic (exact) mass is 282 g/mol. The van der Waals surface area contributed by atoms with Gasteiger partial charge in [-0.1, -0.05) is 12.1 Å². The van der Waals surface area contributed by atoms with Crippen molar-refractivity contribution in [2.45, 2.75) is 30.3 Å². The van der Waals surface area contributed by atoms with Crippen LogP contribution in [0.3, 0.4) is 0 Å². The van der Waals surface area contributed by atoms with Crippen molar-refractivity contribution < 1.29 is 14.7 Å². The summed E-state index contributed by atoms with van der Waals surface area (Å²) >= 11 is 1.65. The fourth-order valence-electron chi connectivity index (χ4n) is 1.58. The van der Waals surface area contributed by atoms with Crippen LogP contribution in [0.1, 0.15) is 18.4 Å². The first kappa shape index (κ1) is 15.5. The topological polar surface area (TPSA) is 92.4 Å². The van der Waals surface area contributed by atoms with E-state index in [1.54, 1.807) is 11.8 Å². The van der Waals surface area contributed by atoms with Crippen LogP contribution in [-0.2, 0) is 16.1 Å². The summed E-state index contributed by atoms with van der Waals surface area (Å²) in [6.45, 7) is 0.449. The number of aliphatic carboxylic acids is 1. The van der Waals surface area contributed by atoms with Gasteiger partial charge in [-0.15, -0.1) is 11.8 Å². The highest BCUT2D eigenvalue weighted by Crippen LogP contribution is 2.14. The number of nitrogens with two attached hydrogens (primary N) is 1. The summed E-state index contributed by atoms with van der Waals surface area (Å²) in [7, 11) is 0. The van der Waals surface area contributed by atoms with Crippen molar-refractivity contribution in [2.24, 2.45) is 5.73 Å². The van der Waals surface area contributed by atoms with Crippen LogP contribution in [0.2, 0.25) is 0 Å². The predicted octanol–water partition coefficient (Wildman–Crippen LogP) is 1.22. The standard InChI is InChI=1S/C13H18N2O3S/c1-19-10-4-2-9(3-5-10)8-15-11(13(17)18)6-7-12(14)16/h2-5,11,15H,6-8H2,1H3,(H2,14,16)(H,17,18)/t11-/m0/s1. The Labute approximate surface area is 116 Å². The Hall–Kier alpha value is -1.53. The first-order chi connectivity index (χ1) is 9.02. The summed E-state index contributed by atoms with van der Waals surface area (Å²) in [5.74, 6) is -1.46. The molecular formula is C13H18N2O3S. The molecule has 6 heteroatoms. The summed E-state index contributed by atoms with van der Waals surface area (Å²) in [5.41, 5.74) is 6.02. The van der Waals surface area contributed by atoms with Gasteiger partial charge >= 0.3 is 5.97 Å². The Morgan fingerprint density at radius 2 is 2.00 bits per heavy atom. The Kier molecular flexibility index (Phi) is 6.38. The van der Waals surface area contributed by atoms with Gasteiger partial charge in [0.25, 0.3) is 0 Å². The molecule has 1 rings (SSSR count). The van der Waals surface area contributed by atoms with E-state index in [0.717, 1.165) is 10.5 Å². The molecule has 1 amide bonds. The number of carboxylic acid groups (broad SMARTS) is 1. The number of primary amides is 1. The van der Waals surface area contributed by atoms with E-state index in [2.05, 4.69) is 5.32 Å². The number of thioether (sulfide) groups is 1. The molecule has 0 fully saturated rings. The first-order valence-electron chi connectivity index (χ1n) is 5.90. The van der Waals surface area contributed by atoms with Crippen molar-refractivity contribution in [2.75, 3.05) is 6.26 Å². The van der Waals surface area contributed by atoms with Gasteiger partial charge in [0.1, 0.15) is 6.04 Å². The summed E-state index contributed by atoms with van der Waals surface area (Å²) in [6.07, 6.45) is 2.26. The summed E-state index contributed by atoms with van der Waals surface area (Å²) < 4.78 is 0. The van der Waals surface area contributed by atoms with E-state index < -0.39 is 17.9 Å². The fourth-order valence-corrected chi connectivity index (χ4v) is 1.99. The number of hydrogen-bond acceptors (Lipinski definition) is 4. The molecule has 1 aromatic rings. The second-order valence-electron chi connectivity index (χ2n) is 4.12. The number of carbonyl (C=O) groups excluding carboxylic acids is 1. The summed E-state index contributed by atoms with van der Waals surface area (Å²) in [6, 6.07) is 7.12. The molecule has 0 saturated carbocycles. The molecule has 1 atom stereocenters. The molecule has 0 aromatic heterocycles. The third-order valence-corrected chi connectivity index (χ3v) is 3.43. The Balaban J connectivity index is 2.50. The average molecular weight is 282 g/mol. The Bertz CT molecular complexity index is 434. The van der Waals surface area contributed by atoms with E-state index in [1.165, 1.54) is 0 Å². The number of carbonyl (C=O) groups is 2. The van der Waals surface area contributed by atoms with Crippen LogP contribution in [0.5, 0.6) is 0 Å². The van der Waals surface area contributed by atoms with Gasteiger partial charge in [0.2, 0.25) is 5.91 Å². The molecule has 0 aliphatic carbocycles. The zero-order chi connectivity index (χ0) is 14.3. The zero-order valence-electron chi connectivity index (χ0n) is 10.8. The molecule has 104 valence electrons. The number of amides is 1. The van der Waals surface area contributed by atoms with E-state index in [-0.39, 0.29) is 12.8 Å². The van der Waals surface area contributed by atoms with E-state index in [9.17, 15) is 9.59 Å². The molecule has 0 heterocycles. The lowest BCUT2D eigenvalue weighted by atomic mass is 10.1. The molecule has 0 unspecified atom stereocenters. The molecule has 0 bridgehead atoms. The van der Waals surface area contributed by atoms with Crippen LogP contribution in [-0.4, -0.2) is 29.3 Å². The first-order valence-corrected chi connectivity index (χ1v) is 7.13. The lowest BCUT2D eigenvalue weighted by Gasteiger charge is -2.13. The minimum absolute atomic E-state index is 0.0649. The molecule has 0 radical (unpaired) electrons. The average Bonchev–Trinajstić information content (AvgIpc) is 2.38. The second-order valence-corrected chi connectivity index (χ2v) is 5.00. The van der Waals surface area contributed by atoms with Gasteiger partial charge in [0.05, 0.1) is 0 Å². The van der Waals surface area contributed by atoms with Gasteiger partial charge in [-0.2, -0.15) is 0 Å². The third-order valence-electron chi connectivity index (χ3n) is 2.69. The van der Waals surface area contributed by atoms with Crippen molar-refractivity contribution in [1.82, 2.24) is 5.32 Å². The van der Waals surface area contributed by atoms with Gasteiger partial charge < -0.3 is 16.2 Å². The minimum atomic E-state index is -0.970. The lowest BCUT2D eigenvalue weighted by Crippen LogP contribution is -2.37. The largest absolute Gasteiger partial charge is 0.480 e. The maximum absolute atomic E-state index is 11.0. The summed E-state index contributed by atoms with van der Waals surface area (Å²) in [5, 5.41) is 11.9. The highest BCUT2D eigenvalue weighted by Gasteiger charge is 2.17. The van der Waals surface area contributed by atoms with Crippen LogP contribution in [0.15, 0.2) is 29.2 Å². The van der Waals surface area contributed by atoms with Gasteiger partial charge in [0, 0.05) is 17.9 Å². The number of carboxylic acids is 1. The Morgan fingerprint density at radius 3 is 2.47 bits per heavy atom. The maximum Gasteiger partial charge on any atom is 0.320 e.